The van der Waals surface area contributed by atoms with Gasteiger partial charge in [0.2, 0.25) is 5.91 Å². The van der Waals surface area contributed by atoms with Crippen LogP contribution in [0, 0.1) is 5.82 Å². The standard InChI is InChI=1S/C10H13FN2O2/c11-8-3-7(6-12)4-9(5-8)15-2-1-10(13)14/h3-5H,1-2,6,12H2,(H2,13,14). The number of hydrogen-bond donors (Lipinski definition) is 2. The maximum absolute atomic E-state index is 13.0. The molecule has 0 heterocycles. The number of carbonyl (C=O) groups is 1. The highest BCUT2D eigenvalue weighted by molar-refractivity contribution is 5.73. The van der Waals surface area contributed by atoms with E-state index in [2.05, 4.69) is 0 Å². The maximum atomic E-state index is 13.0. The van der Waals surface area contributed by atoms with Gasteiger partial charge < -0.3 is 16.2 Å². The van der Waals surface area contributed by atoms with E-state index in [0.29, 0.717) is 11.3 Å². The van der Waals surface area contributed by atoms with Crippen molar-refractivity contribution in [2.75, 3.05) is 6.61 Å². The van der Waals surface area contributed by atoms with E-state index >= 15 is 0 Å². The van der Waals surface area contributed by atoms with Gasteiger partial charge in [-0.15, -0.1) is 0 Å². The van der Waals surface area contributed by atoms with Crippen molar-refractivity contribution < 1.29 is 13.9 Å². The highest BCUT2D eigenvalue weighted by Gasteiger charge is 2.01. The van der Waals surface area contributed by atoms with E-state index in [4.69, 9.17) is 16.2 Å². The molecule has 0 radical (unpaired) electrons. The van der Waals surface area contributed by atoms with Crippen LogP contribution in [0.5, 0.6) is 5.75 Å². The van der Waals surface area contributed by atoms with Crippen LogP contribution in [0.1, 0.15) is 12.0 Å². The summed E-state index contributed by atoms with van der Waals surface area (Å²) in [7, 11) is 0. The molecule has 0 unspecified atom stereocenters. The molecule has 0 atom stereocenters. The molecule has 0 aliphatic heterocycles. The van der Waals surface area contributed by atoms with Crippen LogP contribution in [0.3, 0.4) is 0 Å². The normalized spacial score (nSPS) is 10.0. The first-order valence-corrected chi connectivity index (χ1v) is 4.52. The Hall–Kier alpha value is -1.62. The summed E-state index contributed by atoms with van der Waals surface area (Å²) in [6.45, 7) is 0.382. The lowest BCUT2D eigenvalue weighted by atomic mass is 10.2. The second-order valence-electron chi connectivity index (χ2n) is 3.06. The van der Waals surface area contributed by atoms with Crippen molar-refractivity contribution in [2.45, 2.75) is 13.0 Å². The number of nitrogens with two attached hydrogens (primary N) is 2. The summed E-state index contributed by atoms with van der Waals surface area (Å²) in [5.74, 6) is -0.505. The maximum Gasteiger partial charge on any atom is 0.220 e. The van der Waals surface area contributed by atoms with Crippen molar-refractivity contribution in [1.29, 1.82) is 0 Å². The summed E-state index contributed by atoms with van der Waals surface area (Å²) >= 11 is 0. The molecule has 1 aromatic rings. The fourth-order valence-electron chi connectivity index (χ4n) is 1.09. The Labute approximate surface area is 87.0 Å². The summed E-state index contributed by atoms with van der Waals surface area (Å²) in [5.41, 5.74) is 10.9. The molecule has 1 aromatic carbocycles. The summed E-state index contributed by atoms with van der Waals surface area (Å²) < 4.78 is 18.1. The molecule has 0 saturated heterocycles. The third-order valence-electron chi connectivity index (χ3n) is 1.78. The van der Waals surface area contributed by atoms with Crippen molar-refractivity contribution in [1.82, 2.24) is 0 Å². The summed E-state index contributed by atoms with van der Waals surface area (Å²) in [4.78, 5) is 10.4. The van der Waals surface area contributed by atoms with E-state index < -0.39 is 11.7 Å². The topological polar surface area (TPSA) is 78.3 Å². The van der Waals surface area contributed by atoms with E-state index in [1.54, 1.807) is 6.07 Å². The van der Waals surface area contributed by atoms with Gasteiger partial charge in [-0.2, -0.15) is 0 Å². The van der Waals surface area contributed by atoms with Gasteiger partial charge in [0.25, 0.3) is 0 Å². The Morgan fingerprint density at radius 3 is 2.73 bits per heavy atom. The Balaban J connectivity index is 2.60. The molecule has 0 saturated carbocycles. The van der Waals surface area contributed by atoms with Gasteiger partial charge in [0.15, 0.2) is 0 Å². The van der Waals surface area contributed by atoms with Crippen LogP contribution in [0.4, 0.5) is 4.39 Å². The first-order valence-electron chi connectivity index (χ1n) is 4.52. The third kappa shape index (κ3) is 3.95. The second kappa shape index (κ2) is 5.31. The van der Waals surface area contributed by atoms with Crippen LogP contribution >= 0.6 is 0 Å². The first kappa shape index (κ1) is 11.5. The van der Waals surface area contributed by atoms with Gasteiger partial charge in [-0.05, 0) is 17.7 Å². The van der Waals surface area contributed by atoms with Crippen LogP contribution in [0.15, 0.2) is 18.2 Å². The summed E-state index contributed by atoms with van der Waals surface area (Å²) in [6, 6.07) is 4.20. The highest BCUT2D eigenvalue weighted by atomic mass is 19.1. The Morgan fingerprint density at radius 1 is 1.40 bits per heavy atom. The molecule has 0 aromatic heterocycles. The van der Waals surface area contributed by atoms with Gasteiger partial charge in [0.05, 0.1) is 13.0 Å². The monoisotopic (exact) mass is 212 g/mol. The number of benzene rings is 1. The van der Waals surface area contributed by atoms with Crippen LogP contribution < -0.4 is 16.2 Å². The number of halogens is 1. The molecular formula is C10H13FN2O2. The van der Waals surface area contributed by atoms with Crippen molar-refractivity contribution in [3.8, 4) is 5.75 Å². The molecule has 1 rings (SSSR count). The van der Waals surface area contributed by atoms with E-state index in [-0.39, 0.29) is 19.6 Å². The number of ether oxygens (including phenoxy) is 1. The Kier molecular flexibility index (Phi) is 4.05. The Morgan fingerprint density at radius 2 is 2.13 bits per heavy atom. The third-order valence-corrected chi connectivity index (χ3v) is 1.78. The SMILES string of the molecule is NCc1cc(F)cc(OCCC(N)=O)c1. The molecule has 0 spiro atoms. The number of amides is 1. The molecule has 0 aliphatic carbocycles. The zero-order valence-electron chi connectivity index (χ0n) is 8.20. The highest BCUT2D eigenvalue weighted by Crippen LogP contribution is 2.16. The van der Waals surface area contributed by atoms with Gasteiger partial charge in [-0.3, -0.25) is 4.79 Å². The largest absolute Gasteiger partial charge is 0.493 e. The summed E-state index contributed by atoms with van der Waals surface area (Å²) in [5, 5.41) is 0. The number of primary amides is 1. The molecule has 1 amide bonds. The van der Waals surface area contributed by atoms with Gasteiger partial charge >= 0.3 is 0 Å². The molecule has 5 heteroatoms. The average Bonchev–Trinajstić information content (AvgIpc) is 2.16. The van der Waals surface area contributed by atoms with Crippen LogP contribution in [-0.4, -0.2) is 12.5 Å². The van der Waals surface area contributed by atoms with Crippen molar-refractivity contribution in [3.05, 3.63) is 29.6 Å². The van der Waals surface area contributed by atoms with Crippen LogP contribution in [0.25, 0.3) is 0 Å². The van der Waals surface area contributed by atoms with Gasteiger partial charge in [-0.25, -0.2) is 4.39 Å². The van der Waals surface area contributed by atoms with Crippen molar-refractivity contribution in [3.63, 3.8) is 0 Å². The first-order chi connectivity index (χ1) is 7.11. The van der Waals surface area contributed by atoms with Crippen LogP contribution in [0.2, 0.25) is 0 Å². The molecule has 4 N–H and O–H groups in total. The van der Waals surface area contributed by atoms with E-state index in [1.165, 1.54) is 12.1 Å². The minimum Gasteiger partial charge on any atom is -0.493 e. The average molecular weight is 212 g/mol. The molecule has 4 nitrogen and oxygen atoms in total. The summed E-state index contributed by atoms with van der Waals surface area (Å²) in [6.07, 6.45) is 0.106. The smallest absolute Gasteiger partial charge is 0.220 e. The fourth-order valence-corrected chi connectivity index (χ4v) is 1.09. The zero-order chi connectivity index (χ0) is 11.3. The molecule has 82 valence electrons. The fraction of sp³-hybridized carbons (Fsp3) is 0.300. The van der Waals surface area contributed by atoms with Crippen molar-refractivity contribution >= 4 is 5.91 Å². The minimum atomic E-state index is -0.453. The van der Waals surface area contributed by atoms with Gasteiger partial charge in [0.1, 0.15) is 11.6 Å². The number of carbonyl (C=O) groups excluding carboxylic acids is 1. The van der Waals surface area contributed by atoms with E-state index in [0.717, 1.165) is 0 Å². The second-order valence-corrected chi connectivity index (χ2v) is 3.06. The van der Waals surface area contributed by atoms with E-state index in [1.807, 2.05) is 0 Å². The lowest BCUT2D eigenvalue weighted by Crippen LogP contribution is -2.14. The molecule has 0 aliphatic rings. The molecule has 0 fully saturated rings. The molecule has 15 heavy (non-hydrogen) atoms. The zero-order valence-corrected chi connectivity index (χ0v) is 8.20. The molecular weight excluding hydrogens is 199 g/mol. The molecule has 0 bridgehead atoms. The van der Waals surface area contributed by atoms with Crippen molar-refractivity contribution in [2.24, 2.45) is 11.5 Å². The predicted octanol–water partition coefficient (Wildman–Crippen LogP) is 0.539. The Bertz CT molecular complexity index is 355. The van der Waals surface area contributed by atoms with Crippen LogP contribution in [-0.2, 0) is 11.3 Å². The lowest BCUT2D eigenvalue weighted by Gasteiger charge is -2.06. The quantitative estimate of drug-likeness (QED) is 0.747. The van der Waals surface area contributed by atoms with Gasteiger partial charge in [0, 0.05) is 12.6 Å². The number of hydrogen-bond acceptors (Lipinski definition) is 3. The minimum absolute atomic E-state index is 0.106. The number of rotatable bonds is 5. The lowest BCUT2D eigenvalue weighted by molar-refractivity contribution is -0.118. The predicted molar refractivity (Wildman–Crippen MR) is 53.6 cm³/mol. The van der Waals surface area contributed by atoms with E-state index in [9.17, 15) is 9.18 Å². The van der Waals surface area contributed by atoms with Gasteiger partial charge in [-0.1, -0.05) is 0 Å².